The van der Waals surface area contributed by atoms with Gasteiger partial charge in [0.2, 0.25) is 17.7 Å². The molecule has 4 aromatic rings. The number of amides is 1. The first-order valence-corrected chi connectivity index (χ1v) is 17.1. The summed E-state index contributed by atoms with van der Waals surface area (Å²) in [5.41, 5.74) is 5.89. The number of halogens is 2. The van der Waals surface area contributed by atoms with Crippen molar-refractivity contribution in [1.29, 1.82) is 0 Å². The number of aliphatic hydroxyl groups excluding tert-OH is 1. The Morgan fingerprint density at radius 1 is 0.896 bits per heavy atom. The molecule has 2 N–H and O–H groups in total. The van der Waals surface area contributed by atoms with E-state index in [0.29, 0.717) is 63.7 Å². The molecule has 250 valence electrons. The molecular formula is C36H38Cl2N6O4. The Kier molecular flexibility index (Phi) is 9.26. The average Bonchev–Trinajstić information content (AvgIpc) is 3.48. The first kappa shape index (κ1) is 32.7. The molecule has 0 unspecified atom stereocenters. The van der Waals surface area contributed by atoms with Crippen LogP contribution in [0.1, 0.15) is 49.9 Å². The number of aliphatic hydroxyl groups is 1. The van der Waals surface area contributed by atoms with Gasteiger partial charge in [-0.25, -0.2) is 9.97 Å². The lowest BCUT2D eigenvalue weighted by Gasteiger charge is -2.57. The lowest BCUT2D eigenvalue weighted by molar-refractivity contribution is -0.131. The molecule has 1 saturated carbocycles. The van der Waals surface area contributed by atoms with Crippen LogP contribution in [-0.2, 0) is 17.8 Å². The summed E-state index contributed by atoms with van der Waals surface area (Å²) in [4.78, 5) is 32.8. The number of benzene rings is 2. The van der Waals surface area contributed by atoms with E-state index in [-0.39, 0.29) is 23.5 Å². The van der Waals surface area contributed by atoms with Gasteiger partial charge in [0, 0.05) is 59.8 Å². The fraction of sp³-hybridized carbons (Fsp3) is 0.417. The molecule has 2 aromatic heterocycles. The van der Waals surface area contributed by atoms with Crippen LogP contribution in [0.3, 0.4) is 0 Å². The van der Waals surface area contributed by atoms with Crippen molar-refractivity contribution in [2.24, 2.45) is 5.41 Å². The summed E-state index contributed by atoms with van der Waals surface area (Å²) in [7, 11) is 3.19. The van der Waals surface area contributed by atoms with Gasteiger partial charge in [0.1, 0.15) is 11.4 Å². The Bertz CT molecular complexity index is 1840. The van der Waals surface area contributed by atoms with Crippen molar-refractivity contribution in [3.63, 3.8) is 0 Å². The van der Waals surface area contributed by atoms with Gasteiger partial charge in [0.05, 0.1) is 54.2 Å². The van der Waals surface area contributed by atoms with E-state index >= 15 is 0 Å². The number of nitrogens with zero attached hydrogens (tertiary/aromatic N) is 5. The normalized spacial score (nSPS) is 18.8. The van der Waals surface area contributed by atoms with Gasteiger partial charge in [-0.3, -0.25) is 19.7 Å². The van der Waals surface area contributed by atoms with Crippen LogP contribution in [0.25, 0.3) is 33.6 Å². The zero-order valence-electron chi connectivity index (χ0n) is 27.0. The molecule has 12 heteroatoms. The maximum absolute atomic E-state index is 11.5. The Balaban J connectivity index is 1.10. The van der Waals surface area contributed by atoms with Crippen molar-refractivity contribution in [3.05, 3.63) is 70.2 Å². The minimum atomic E-state index is -0.155. The predicted molar refractivity (Wildman–Crippen MR) is 184 cm³/mol. The van der Waals surface area contributed by atoms with Crippen molar-refractivity contribution in [2.75, 3.05) is 27.3 Å². The molecule has 2 aromatic carbocycles. The number of methoxy groups -OCH3 is 2. The van der Waals surface area contributed by atoms with Crippen LogP contribution < -0.4 is 14.8 Å². The van der Waals surface area contributed by atoms with E-state index in [1.54, 1.807) is 26.6 Å². The number of hydrogen-bond donors (Lipinski definition) is 2. The molecule has 1 atom stereocenters. The van der Waals surface area contributed by atoms with Crippen LogP contribution in [0.5, 0.6) is 11.8 Å². The summed E-state index contributed by atoms with van der Waals surface area (Å²) in [5, 5.41) is 13.7. The highest BCUT2D eigenvalue weighted by Gasteiger charge is 2.51. The summed E-state index contributed by atoms with van der Waals surface area (Å²) < 4.78 is 11.3. The van der Waals surface area contributed by atoms with Gasteiger partial charge in [0.15, 0.2) is 0 Å². The van der Waals surface area contributed by atoms with Gasteiger partial charge in [0.25, 0.3) is 0 Å². The number of likely N-dealkylation sites (tertiary alicyclic amines) is 1. The quantitative estimate of drug-likeness (QED) is 0.191. The highest BCUT2D eigenvalue weighted by atomic mass is 35.5. The molecule has 3 aliphatic rings. The zero-order chi connectivity index (χ0) is 33.4. The van der Waals surface area contributed by atoms with Crippen molar-refractivity contribution in [1.82, 2.24) is 30.2 Å². The van der Waals surface area contributed by atoms with Crippen molar-refractivity contribution >= 4 is 29.1 Å². The first-order valence-electron chi connectivity index (χ1n) is 16.3. The summed E-state index contributed by atoms with van der Waals surface area (Å²) in [6, 6.07) is 11.7. The van der Waals surface area contributed by atoms with Crippen LogP contribution in [0.15, 0.2) is 48.8 Å². The largest absolute Gasteiger partial charge is 0.480 e. The van der Waals surface area contributed by atoms with Crippen LogP contribution in [0.4, 0.5) is 0 Å². The van der Waals surface area contributed by atoms with Crippen molar-refractivity contribution in [3.8, 4) is 45.4 Å². The second-order valence-corrected chi connectivity index (χ2v) is 13.9. The van der Waals surface area contributed by atoms with E-state index in [4.69, 9.17) is 47.6 Å². The maximum Gasteiger partial charge on any atom is 0.237 e. The molecule has 3 fully saturated rings. The topological polar surface area (TPSA) is 123 Å². The second-order valence-electron chi connectivity index (χ2n) is 13.2. The van der Waals surface area contributed by atoms with E-state index in [1.807, 2.05) is 36.4 Å². The van der Waals surface area contributed by atoms with Gasteiger partial charge < -0.3 is 19.9 Å². The van der Waals surface area contributed by atoms with E-state index < -0.39 is 0 Å². The fourth-order valence-corrected chi connectivity index (χ4v) is 8.02. The third-order valence-corrected chi connectivity index (χ3v) is 10.5. The molecule has 4 heterocycles. The molecule has 2 saturated heterocycles. The van der Waals surface area contributed by atoms with Crippen LogP contribution in [0.2, 0.25) is 10.0 Å². The number of ether oxygens (including phenoxy) is 2. The number of hydrogen-bond acceptors (Lipinski definition) is 9. The smallest absolute Gasteiger partial charge is 0.237 e. The number of aryl methyl sites for hydroxylation is 1. The van der Waals surface area contributed by atoms with Crippen LogP contribution >= 0.6 is 23.2 Å². The summed E-state index contributed by atoms with van der Waals surface area (Å²) in [5.74, 6) is 1.04. The second kappa shape index (κ2) is 13.6. The molecule has 1 spiro atoms. The van der Waals surface area contributed by atoms with Crippen LogP contribution in [0, 0.1) is 5.41 Å². The molecule has 1 aliphatic carbocycles. The minimum Gasteiger partial charge on any atom is -0.480 e. The van der Waals surface area contributed by atoms with Gasteiger partial charge in [-0.2, -0.15) is 0 Å². The number of carbonyl (C=O) groups is 1. The van der Waals surface area contributed by atoms with Crippen molar-refractivity contribution in [2.45, 2.75) is 63.6 Å². The Hall–Kier alpha value is -3.83. The zero-order valence-corrected chi connectivity index (χ0v) is 28.5. The highest BCUT2D eigenvalue weighted by Crippen LogP contribution is 2.49. The van der Waals surface area contributed by atoms with E-state index in [0.717, 1.165) is 67.7 Å². The van der Waals surface area contributed by atoms with E-state index in [2.05, 4.69) is 15.2 Å². The monoisotopic (exact) mass is 688 g/mol. The Morgan fingerprint density at radius 2 is 1.46 bits per heavy atom. The van der Waals surface area contributed by atoms with E-state index in [9.17, 15) is 9.90 Å². The predicted octanol–water partition coefficient (Wildman–Crippen LogP) is 6.15. The number of rotatable bonds is 11. The van der Waals surface area contributed by atoms with Gasteiger partial charge in [-0.05, 0) is 38.5 Å². The van der Waals surface area contributed by atoms with Gasteiger partial charge >= 0.3 is 0 Å². The summed E-state index contributed by atoms with van der Waals surface area (Å²) in [6.07, 6.45) is 8.98. The third-order valence-electron chi connectivity index (χ3n) is 9.73. The molecule has 0 bridgehead atoms. The van der Waals surface area contributed by atoms with Gasteiger partial charge in [-0.1, -0.05) is 59.6 Å². The maximum atomic E-state index is 11.5. The highest BCUT2D eigenvalue weighted by molar-refractivity contribution is 6.39. The van der Waals surface area contributed by atoms with Gasteiger partial charge in [-0.15, -0.1) is 0 Å². The summed E-state index contributed by atoms with van der Waals surface area (Å²) >= 11 is 14.1. The molecule has 48 heavy (non-hydrogen) atoms. The average molecular weight is 690 g/mol. The first-order chi connectivity index (χ1) is 23.3. The molecule has 1 amide bonds. The number of nitrogens with one attached hydrogen (secondary N) is 1. The fourth-order valence-electron chi connectivity index (χ4n) is 7.37. The minimum absolute atomic E-state index is 0.125. The lowest BCUT2D eigenvalue weighted by Crippen LogP contribution is -2.63. The third kappa shape index (κ3) is 6.46. The Labute approximate surface area is 289 Å². The molecular weight excluding hydrogens is 651 g/mol. The van der Waals surface area contributed by atoms with E-state index in [1.165, 1.54) is 0 Å². The number of aromatic nitrogens is 4. The SMILES string of the molecule is COc1nc(-c2cccc(-c3cccc(-c4cnc(CN5CC6(CC(O)C6)C5)c(OC)n4)c3Cl)c2Cl)cnc1CCC[C@@H]1CCC(=O)N1. The molecule has 7 rings (SSSR count). The molecule has 10 nitrogen and oxygen atoms in total. The number of carbonyl (C=O) groups excluding carboxylic acids is 1. The molecule has 0 radical (unpaired) electrons. The lowest BCUT2D eigenvalue weighted by atomic mass is 9.62. The van der Waals surface area contributed by atoms with Crippen LogP contribution in [-0.4, -0.2) is 75.3 Å². The standard InChI is InChI=1S/C36H38Cl2N6O4/c1-47-34-27(11-3-6-21-12-13-31(46)41-21)39-16-28(42-34)25-9-4-7-23(32(25)37)24-8-5-10-26(33(24)38)29-17-40-30(35(43-29)48-2)18-44-19-36(20-44)14-22(45)15-36/h4-5,7-10,16-17,21-22,45H,3,6,11-15,18-20H2,1-2H3,(H,41,46)/t21-/m1/s1. The Morgan fingerprint density at radius 3 is 2.00 bits per heavy atom. The summed E-state index contributed by atoms with van der Waals surface area (Å²) in [6.45, 7) is 2.55. The van der Waals surface area contributed by atoms with Crippen molar-refractivity contribution < 1.29 is 19.4 Å². The molecule has 2 aliphatic heterocycles.